The Balaban J connectivity index is 1.76. The van der Waals surface area contributed by atoms with E-state index >= 15 is 0 Å². The van der Waals surface area contributed by atoms with Gasteiger partial charge in [-0.05, 0) is 32.5 Å². The average Bonchev–Trinajstić information content (AvgIpc) is 3.18. The summed E-state index contributed by atoms with van der Waals surface area (Å²) >= 11 is 2.75. The lowest BCUT2D eigenvalue weighted by Crippen LogP contribution is -2.15. The predicted octanol–water partition coefficient (Wildman–Crippen LogP) is 3.08. The molecule has 3 rings (SSSR count). The fraction of sp³-hybridized carbons (Fsp3) is 0.312. The number of aromatic nitrogens is 5. The number of aromatic amines is 1. The smallest absolute Gasteiger partial charge is 0.232 e. The highest BCUT2D eigenvalue weighted by atomic mass is 32.2. The van der Waals surface area contributed by atoms with Crippen molar-refractivity contribution in [1.82, 2.24) is 25.1 Å². The molecule has 2 N–H and O–H groups in total. The number of aryl methyl sites for hydroxylation is 1. The quantitative estimate of drug-likeness (QED) is 0.638. The van der Waals surface area contributed by atoms with E-state index in [4.69, 9.17) is 4.74 Å². The molecule has 0 unspecified atom stereocenters. The zero-order valence-corrected chi connectivity index (χ0v) is 16.1. The van der Waals surface area contributed by atoms with Crippen LogP contribution in [0.5, 0.6) is 5.75 Å². The van der Waals surface area contributed by atoms with E-state index in [1.54, 1.807) is 12.3 Å². The van der Waals surface area contributed by atoms with E-state index in [2.05, 4.69) is 30.5 Å². The van der Waals surface area contributed by atoms with Gasteiger partial charge in [0.15, 0.2) is 10.3 Å². The molecule has 0 spiro atoms. The van der Waals surface area contributed by atoms with Gasteiger partial charge in [-0.1, -0.05) is 0 Å². The monoisotopic (exact) mass is 390 g/mol. The van der Waals surface area contributed by atoms with Crippen molar-refractivity contribution < 1.29 is 9.53 Å². The first-order valence-electron chi connectivity index (χ1n) is 7.91. The lowest BCUT2D eigenvalue weighted by Gasteiger charge is -2.12. The molecule has 1 amide bonds. The predicted molar refractivity (Wildman–Crippen MR) is 99.7 cm³/mol. The average molecular weight is 390 g/mol. The summed E-state index contributed by atoms with van der Waals surface area (Å²) in [6.07, 6.45) is 3.29. The van der Waals surface area contributed by atoms with Crippen molar-refractivity contribution in [3.63, 3.8) is 0 Å². The number of nitrogens with one attached hydrogen (secondary N) is 2. The van der Waals surface area contributed by atoms with Gasteiger partial charge in [0, 0.05) is 23.2 Å². The number of hydrogen-bond donors (Lipinski definition) is 2. The normalized spacial score (nSPS) is 10.9. The van der Waals surface area contributed by atoms with Crippen LogP contribution in [0.3, 0.4) is 0 Å². The van der Waals surface area contributed by atoms with Crippen LogP contribution in [0, 0.1) is 6.92 Å². The van der Waals surface area contributed by atoms with Gasteiger partial charge in [0.1, 0.15) is 17.1 Å². The van der Waals surface area contributed by atoms with Crippen LogP contribution in [0.1, 0.15) is 24.4 Å². The third-order valence-corrected chi connectivity index (χ3v) is 4.64. The topological polar surface area (TPSA) is 106 Å². The van der Waals surface area contributed by atoms with E-state index < -0.39 is 0 Å². The molecule has 3 heterocycles. The van der Waals surface area contributed by atoms with E-state index in [1.165, 1.54) is 29.4 Å². The fourth-order valence-corrected chi connectivity index (χ4v) is 3.51. The minimum atomic E-state index is -0.177. The van der Waals surface area contributed by atoms with Gasteiger partial charge in [-0.3, -0.25) is 9.89 Å². The van der Waals surface area contributed by atoms with E-state index in [-0.39, 0.29) is 18.4 Å². The highest BCUT2D eigenvalue weighted by Gasteiger charge is 2.12. The lowest BCUT2D eigenvalue weighted by molar-refractivity contribution is -0.115. The molecule has 0 aliphatic heterocycles. The summed E-state index contributed by atoms with van der Waals surface area (Å²) in [6, 6.07) is 3.59. The first-order valence-corrected chi connectivity index (χ1v) is 9.54. The van der Waals surface area contributed by atoms with Gasteiger partial charge in [-0.15, -0.1) is 11.3 Å². The largest absolute Gasteiger partial charge is 0.491 e. The number of pyridine rings is 1. The number of amides is 1. The zero-order chi connectivity index (χ0) is 18.5. The van der Waals surface area contributed by atoms with Crippen LogP contribution >= 0.6 is 23.1 Å². The van der Waals surface area contributed by atoms with Gasteiger partial charge in [0.25, 0.3) is 0 Å². The number of hydrogen-bond acceptors (Lipinski definition) is 8. The number of H-pyrrole nitrogens is 1. The van der Waals surface area contributed by atoms with Crippen molar-refractivity contribution in [3.05, 3.63) is 35.2 Å². The Bertz CT molecular complexity index is 879. The molecule has 26 heavy (non-hydrogen) atoms. The van der Waals surface area contributed by atoms with Crippen LogP contribution in [0.25, 0.3) is 0 Å². The Morgan fingerprint density at radius 3 is 2.88 bits per heavy atom. The van der Waals surface area contributed by atoms with Crippen LogP contribution in [0.15, 0.2) is 34.8 Å². The van der Waals surface area contributed by atoms with Crippen LogP contribution in [-0.2, 0) is 11.2 Å². The van der Waals surface area contributed by atoms with Gasteiger partial charge in [-0.25, -0.2) is 15.0 Å². The Hall–Kier alpha value is -2.46. The number of carbonyl (C=O) groups excluding carboxylic acids is 1. The molecule has 0 aliphatic carbocycles. The minimum Gasteiger partial charge on any atom is -0.491 e. The third-order valence-electron chi connectivity index (χ3n) is 3.00. The molecule has 10 heteroatoms. The van der Waals surface area contributed by atoms with Crippen molar-refractivity contribution in [2.24, 2.45) is 0 Å². The van der Waals surface area contributed by atoms with Gasteiger partial charge >= 0.3 is 0 Å². The number of carbonyl (C=O) groups is 1. The maximum atomic E-state index is 12.3. The first-order chi connectivity index (χ1) is 12.5. The number of nitrogens with zero attached hydrogens (tertiary/aromatic N) is 4. The Morgan fingerprint density at radius 2 is 2.23 bits per heavy atom. The van der Waals surface area contributed by atoms with Gasteiger partial charge < -0.3 is 10.1 Å². The second kappa shape index (κ2) is 8.28. The summed E-state index contributed by atoms with van der Waals surface area (Å²) in [5.41, 5.74) is 0.607. The Morgan fingerprint density at radius 1 is 1.38 bits per heavy atom. The Labute approximate surface area is 158 Å². The molecule has 3 aromatic rings. The van der Waals surface area contributed by atoms with Crippen molar-refractivity contribution >= 4 is 34.1 Å². The highest BCUT2D eigenvalue weighted by molar-refractivity contribution is 7.99. The molecule has 0 bridgehead atoms. The number of rotatable bonds is 7. The summed E-state index contributed by atoms with van der Waals surface area (Å²) in [4.78, 5) is 26.1. The second-order valence-corrected chi connectivity index (χ2v) is 7.94. The summed E-state index contributed by atoms with van der Waals surface area (Å²) in [6.45, 7) is 5.83. The van der Waals surface area contributed by atoms with Crippen LogP contribution in [0.4, 0.5) is 5.13 Å². The van der Waals surface area contributed by atoms with Crippen molar-refractivity contribution in [2.45, 2.75) is 43.5 Å². The Kier molecular flexibility index (Phi) is 5.84. The first kappa shape index (κ1) is 18.3. The number of anilines is 1. The molecule has 0 fully saturated rings. The minimum absolute atomic E-state index is 0.0144. The highest BCUT2D eigenvalue weighted by Crippen LogP contribution is 2.27. The van der Waals surface area contributed by atoms with Crippen LogP contribution in [-0.4, -0.2) is 37.2 Å². The molecule has 136 valence electrons. The van der Waals surface area contributed by atoms with Crippen LogP contribution < -0.4 is 10.1 Å². The molecule has 0 aliphatic rings. The van der Waals surface area contributed by atoms with E-state index in [9.17, 15) is 4.79 Å². The third kappa shape index (κ3) is 5.27. The number of thiazole rings is 1. The molecule has 3 aromatic heterocycles. The maximum absolute atomic E-state index is 12.3. The molecular weight excluding hydrogens is 372 g/mol. The molecule has 0 radical (unpaired) electrons. The van der Waals surface area contributed by atoms with Crippen molar-refractivity contribution in [2.75, 3.05) is 5.32 Å². The standard InChI is InChI=1S/C16H18N6O2S2/c1-9(2)24-12-4-11(5-13(23)21-15-17-7-10(3)25-15)20-14(6-12)26-16-18-8-19-22-16/h4,6-9H,5H2,1-3H3,(H,17,21,23)(H,18,19,22). The summed E-state index contributed by atoms with van der Waals surface area (Å²) in [5.74, 6) is 0.481. The van der Waals surface area contributed by atoms with Crippen LogP contribution in [0.2, 0.25) is 0 Å². The summed E-state index contributed by atoms with van der Waals surface area (Å²) < 4.78 is 5.78. The van der Waals surface area contributed by atoms with E-state index in [0.717, 1.165) is 4.88 Å². The molecule has 0 saturated heterocycles. The van der Waals surface area contributed by atoms with E-state index in [1.807, 2.05) is 26.8 Å². The molecule has 0 saturated carbocycles. The summed E-state index contributed by atoms with van der Waals surface area (Å²) in [7, 11) is 0. The molecule has 0 aromatic carbocycles. The van der Waals surface area contributed by atoms with Crippen molar-refractivity contribution in [1.29, 1.82) is 0 Å². The lowest BCUT2D eigenvalue weighted by atomic mass is 10.2. The molecule has 8 nitrogen and oxygen atoms in total. The van der Waals surface area contributed by atoms with Gasteiger partial charge in [0.2, 0.25) is 5.91 Å². The fourth-order valence-electron chi connectivity index (χ4n) is 2.10. The van der Waals surface area contributed by atoms with Gasteiger partial charge in [-0.2, -0.15) is 5.10 Å². The van der Waals surface area contributed by atoms with Crippen molar-refractivity contribution in [3.8, 4) is 5.75 Å². The second-order valence-electron chi connectivity index (χ2n) is 5.69. The van der Waals surface area contributed by atoms with E-state index in [0.29, 0.717) is 26.8 Å². The summed E-state index contributed by atoms with van der Waals surface area (Å²) in [5, 5.41) is 11.3. The molecule has 0 atom stereocenters. The SMILES string of the molecule is Cc1cnc(NC(=O)Cc2cc(OC(C)C)cc(Sc3ncn[nH]3)n2)s1. The zero-order valence-electron chi connectivity index (χ0n) is 14.5. The maximum Gasteiger partial charge on any atom is 0.232 e. The van der Waals surface area contributed by atoms with Gasteiger partial charge in [0.05, 0.1) is 18.2 Å². The molecular formula is C16H18N6O2S2. The number of ether oxygens (including phenoxy) is 1.